The van der Waals surface area contributed by atoms with E-state index in [1.54, 1.807) is 13.0 Å². The molecule has 1 heterocycles. The normalized spacial score (nSPS) is 11.1. The molecule has 0 aliphatic heterocycles. The second-order valence-electron chi connectivity index (χ2n) is 7.82. The van der Waals surface area contributed by atoms with Gasteiger partial charge >= 0.3 is 5.97 Å². The summed E-state index contributed by atoms with van der Waals surface area (Å²) in [5.74, 6) is -0.782. The van der Waals surface area contributed by atoms with Gasteiger partial charge in [-0.15, -0.1) is 0 Å². The van der Waals surface area contributed by atoms with Crippen LogP contribution in [-0.2, 0) is 27.4 Å². The molecule has 2 amide bonds. The first-order valence-electron chi connectivity index (χ1n) is 10.9. The van der Waals surface area contributed by atoms with Gasteiger partial charge in [0.1, 0.15) is 0 Å². The zero-order chi connectivity index (χ0) is 23.8. The van der Waals surface area contributed by atoms with Crippen LogP contribution in [0.2, 0.25) is 0 Å². The van der Waals surface area contributed by atoms with Crippen LogP contribution >= 0.6 is 0 Å². The fourth-order valence-corrected chi connectivity index (χ4v) is 3.45. The Morgan fingerprint density at radius 2 is 1.72 bits per heavy atom. The predicted molar refractivity (Wildman–Crippen MR) is 126 cm³/mol. The second kappa shape index (κ2) is 11.3. The Morgan fingerprint density at radius 1 is 1.06 bits per heavy atom. The second-order valence-corrected chi connectivity index (χ2v) is 7.82. The molecule has 0 spiro atoms. The Labute approximate surface area is 189 Å². The highest BCUT2D eigenvalue weighted by molar-refractivity contribution is 5.98. The van der Waals surface area contributed by atoms with Crippen LogP contribution in [0.1, 0.15) is 60.6 Å². The molecule has 32 heavy (non-hydrogen) atoms. The predicted octanol–water partition coefficient (Wildman–Crippen LogP) is 4.23. The summed E-state index contributed by atoms with van der Waals surface area (Å²) in [5, 5.41) is 5.67. The average molecular weight is 440 g/mol. The highest BCUT2D eigenvalue weighted by Crippen LogP contribution is 2.25. The van der Waals surface area contributed by atoms with Gasteiger partial charge in [0.25, 0.3) is 0 Å². The van der Waals surface area contributed by atoms with E-state index in [9.17, 15) is 14.4 Å². The summed E-state index contributed by atoms with van der Waals surface area (Å²) in [6.45, 7) is 12.6. The van der Waals surface area contributed by atoms with E-state index in [1.807, 2.05) is 63.5 Å². The quantitative estimate of drug-likeness (QED) is 0.452. The van der Waals surface area contributed by atoms with E-state index in [2.05, 4.69) is 10.6 Å². The van der Waals surface area contributed by atoms with Crippen molar-refractivity contribution >= 4 is 29.5 Å². The Hall–Kier alpha value is -3.35. The van der Waals surface area contributed by atoms with E-state index in [0.717, 1.165) is 29.2 Å². The van der Waals surface area contributed by atoms with Crippen LogP contribution in [0.4, 0.5) is 5.69 Å². The van der Waals surface area contributed by atoms with E-state index in [4.69, 9.17) is 4.74 Å². The standard InChI is InChI=1S/C25H33N3O4/c1-7-28-17(5)21(23(18(28)6)25(31)32-8-2)13-14-22(29)26-15-19-9-11-20(12-10-19)27-24(30)16(3)4/h9-14,16H,7-8,15H2,1-6H3,(H,26,29)(H,27,30)/b14-13+. The molecular weight excluding hydrogens is 406 g/mol. The van der Waals surface area contributed by atoms with Crippen LogP contribution in [0.15, 0.2) is 30.3 Å². The van der Waals surface area contributed by atoms with Gasteiger partial charge < -0.3 is 19.9 Å². The number of aromatic nitrogens is 1. The number of hydrogen-bond acceptors (Lipinski definition) is 4. The number of anilines is 1. The smallest absolute Gasteiger partial charge is 0.340 e. The van der Waals surface area contributed by atoms with Gasteiger partial charge in [0.05, 0.1) is 12.2 Å². The highest BCUT2D eigenvalue weighted by Gasteiger charge is 2.22. The Bertz CT molecular complexity index is 1000. The highest BCUT2D eigenvalue weighted by atomic mass is 16.5. The molecule has 0 saturated carbocycles. The van der Waals surface area contributed by atoms with Crippen molar-refractivity contribution < 1.29 is 19.1 Å². The number of nitrogens with zero attached hydrogens (tertiary/aromatic N) is 1. The van der Waals surface area contributed by atoms with Gasteiger partial charge in [-0.1, -0.05) is 26.0 Å². The molecule has 172 valence electrons. The molecule has 1 aromatic heterocycles. The van der Waals surface area contributed by atoms with Crippen molar-refractivity contribution in [2.24, 2.45) is 5.92 Å². The van der Waals surface area contributed by atoms with Crippen LogP contribution < -0.4 is 10.6 Å². The lowest BCUT2D eigenvalue weighted by Gasteiger charge is -2.08. The van der Waals surface area contributed by atoms with E-state index in [-0.39, 0.29) is 30.3 Å². The van der Waals surface area contributed by atoms with Gasteiger partial charge in [0, 0.05) is 47.7 Å². The maximum absolute atomic E-state index is 12.5. The summed E-state index contributed by atoms with van der Waals surface area (Å²) in [7, 11) is 0. The van der Waals surface area contributed by atoms with Crippen molar-refractivity contribution in [2.75, 3.05) is 11.9 Å². The minimum atomic E-state index is -0.384. The fourth-order valence-electron chi connectivity index (χ4n) is 3.45. The first-order valence-corrected chi connectivity index (χ1v) is 10.9. The first-order chi connectivity index (χ1) is 15.2. The number of esters is 1. The van der Waals surface area contributed by atoms with Gasteiger partial charge in [-0.05, 0) is 51.5 Å². The van der Waals surface area contributed by atoms with Crippen molar-refractivity contribution in [3.63, 3.8) is 0 Å². The molecule has 2 N–H and O–H groups in total. The number of ether oxygens (including phenoxy) is 1. The number of carbonyl (C=O) groups is 3. The molecule has 0 radical (unpaired) electrons. The lowest BCUT2D eigenvalue weighted by atomic mass is 10.1. The zero-order valence-corrected chi connectivity index (χ0v) is 19.7. The van der Waals surface area contributed by atoms with Crippen molar-refractivity contribution in [1.82, 2.24) is 9.88 Å². The number of hydrogen-bond donors (Lipinski definition) is 2. The van der Waals surface area contributed by atoms with Crippen molar-refractivity contribution in [3.8, 4) is 0 Å². The molecule has 0 aliphatic rings. The maximum Gasteiger partial charge on any atom is 0.340 e. The zero-order valence-electron chi connectivity index (χ0n) is 19.7. The van der Waals surface area contributed by atoms with Crippen LogP contribution in [0, 0.1) is 19.8 Å². The number of benzene rings is 1. The molecule has 0 aliphatic carbocycles. The monoisotopic (exact) mass is 439 g/mol. The molecule has 0 unspecified atom stereocenters. The number of rotatable bonds is 9. The van der Waals surface area contributed by atoms with E-state index in [0.29, 0.717) is 17.7 Å². The number of carbonyl (C=O) groups excluding carboxylic acids is 3. The summed E-state index contributed by atoms with van der Waals surface area (Å²) < 4.78 is 7.24. The molecule has 0 bridgehead atoms. The summed E-state index contributed by atoms with van der Waals surface area (Å²) >= 11 is 0. The van der Waals surface area contributed by atoms with Crippen molar-refractivity contribution in [2.45, 2.75) is 54.6 Å². The summed E-state index contributed by atoms with van der Waals surface area (Å²) in [6.07, 6.45) is 3.10. The van der Waals surface area contributed by atoms with E-state index >= 15 is 0 Å². The summed E-state index contributed by atoms with van der Waals surface area (Å²) in [5.41, 5.74) is 4.56. The minimum absolute atomic E-state index is 0.0409. The Morgan fingerprint density at radius 3 is 2.28 bits per heavy atom. The summed E-state index contributed by atoms with van der Waals surface area (Å²) in [6, 6.07) is 7.33. The molecule has 2 aromatic rings. The van der Waals surface area contributed by atoms with Gasteiger partial charge in [-0.2, -0.15) is 0 Å². The maximum atomic E-state index is 12.5. The molecular formula is C25H33N3O4. The molecule has 1 aromatic carbocycles. The molecule has 2 rings (SSSR count). The van der Waals surface area contributed by atoms with Gasteiger partial charge in [0.2, 0.25) is 11.8 Å². The van der Waals surface area contributed by atoms with Crippen LogP contribution in [0.5, 0.6) is 0 Å². The Kier molecular flexibility index (Phi) is 8.81. The molecule has 0 saturated heterocycles. The van der Waals surface area contributed by atoms with Crippen molar-refractivity contribution in [3.05, 3.63) is 58.4 Å². The topological polar surface area (TPSA) is 89.4 Å². The minimum Gasteiger partial charge on any atom is -0.462 e. The molecule has 7 heteroatoms. The number of amides is 2. The largest absolute Gasteiger partial charge is 0.462 e. The fraction of sp³-hybridized carbons (Fsp3) is 0.400. The van der Waals surface area contributed by atoms with Crippen molar-refractivity contribution in [1.29, 1.82) is 0 Å². The SMILES string of the molecule is CCOC(=O)c1c(/C=C/C(=O)NCc2ccc(NC(=O)C(C)C)cc2)c(C)n(CC)c1C. The molecule has 7 nitrogen and oxygen atoms in total. The first kappa shape index (κ1) is 24.9. The third-order valence-electron chi connectivity index (χ3n) is 5.24. The number of nitrogens with one attached hydrogen (secondary N) is 2. The Balaban J connectivity index is 2.06. The van der Waals surface area contributed by atoms with Gasteiger partial charge in [0.15, 0.2) is 0 Å². The van der Waals surface area contributed by atoms with Crippen LogP contribution in [0.25, 0.3) is 6.08 Å². The third kappa shape index (κ3) is 6.09. The van der Waals surface area contributed by atoms with Gasteiger partial charge in [-0.3, -0.25) is 9.59 Å². The third-order valence-corrected chi connectivity index (χ3v) is 5.24. The molecule has 0 fully saturated rings. The van der Waals surface area contributed by atoms with Gasteiger partial charge in [-0.25, -0.2) is 4.79 Å². The lowest BCUT2D eigenvalue weighted by Crippen LogP contribution is -2.20. The van der Waals surface area contributed by atoms with Crippen LogP contribution in [-0.4, -0.2) is 29.0 Å². The van der Waals surface area contributed by atoms with E-state index < -0.39 is 0 Å². The van der Waals surface area contributed by atoms with E-state index in [1.165, 1.54) is 6.08 Å². The van der Waals surface area contributed by atoms with Crippen LogP contribution in [0.3, 0.4) is 0 Å². The molecule has 0 atom stereocenters. The summed E-state index contributed by atoms with van der Waals surface area (Å²) in [4.78, 5) is 36.6. The lowest BCUT2D eigenvalue weighted by molar-refractivity contribution is -0.119. The average Bonchev–Trinajstić information content (AvgIpc) is 3.00.